The van der Waals surface area contributed by atoms with Gasteiger partial charge in [0.25, 0.3) is 5.91 Å². The van der Waals surface area contributed by atoms with Crippen LogP contribution in [0.15, 0.2) is 18.2 Å². The van der Waals surface area contributed by atoms with Crippen molar-refractivity contribution in [3.05, 3.63) is 29.3 Å². The van der Waals surface area contributed by atoms with Crippen molar-refractivity contribution in [3.63, 3.8) is 0 Å². The van der Waals surface area contributed by atoms with Crippen LogP contribution in [0.4, 0.5) is 5.69 Å². The first-order valence-corrected chi connectivity index (χ1v) is 5.96. The van der Waals surface area contributed by atoms with Crippen molar-refractivity contribution in [2.45, 2.75) is 19.9 Å². The number of hydrogen-bond donors (Lipinski definition) is 2. The molecule has 0 radical (unpaired) electrons. The van der Waals surface area contributed by atoms with Crippen molar-refractivity contribution >= 4 is 11.6 Å². The molecular formula is C13H19N3O. The molecule has 1 unspecified atom stereocenters. The van der Waals surface area contributed by atoms with Gasteiger partial charge in [-0.05, 0) is 31.5 Å². The topological polar surface area (TPSA) is 58.4 Å². The molecule has 1 atom stereocenters. The number of nitrogens with two attached hydrogens (primary N) is 1. The third kappa shape index (κ3) is 2.58. The molecule has 1 aromatic rings. The Morgan fingerprint density at radius 2 is 2.29 bits per heavy atom. The van der Waals surface area contributed by atoms with E-state index in [4.69, 9.17) is 5.73 Å². The van der Waals surface area contributed by atoms with Gasteiger partial charge in [0.15, 0.2) is 0 Å². The van der Waals surface area contributed by atoms with E-state index in [9.17, 15) is 4.79 Å². The Labute approximate surface area is 102 Å². The van der Waals surface area contributed by atoms with E-state index >= 15 is 0 Å². The summed E-state index contributed by atoms with van der Waals surface area (Å²) in [5, 5.41) is 3.33. The number of anilines is 1. The highest BCUT2D eigenvalue weighted by Gasteiger charge is 2.22. The molecule has 0 bridgehead atoms. The minimum absolute atomic E-state index is 0.0863. The highest BCUT2D eigenvalue weighted by Crippen LogP contribution is 2.16. The third-order valence-electron chi connectivity index (χ3n) is 3.15. The molecule has 3 N–H and O–H groups in total. The molecule has 17 heavy (non-hydrogen) atoms. The average molecular weight is 233 g/mol. The molecule has 0 aliphatic carbocycles. The second kappa shape index (κ2) is 4.75. The monoisotopic (exact) mass is 233 g/mol. The zero-order chi connectivity index (χ0) is 12.4. The lowest BCUT2D eigenvalue weighted by atomic mass is 10.1. The molecule has 4 nitrogen and oxygen atoms in total. The Bertz CT molecular complexity index is 431. The Balaban J connectivity index is 2.21. The molecule has 1 aliphatic rings. The van der Waals surface area contributed by atoms with Crippen LogP contribution in [0.2, 0.25) is 0 Å². The van der Waals surface area contributed by atoms with Gasteiger partial charge in [-0.25, -0.2) is 0 Å². The van der Waals surface area contributed by atoms with E-state index in [1.54, 1.807) is 6.07 Å². The summed E-state index contributed by atoms with van der Waals surface area (Å²) in [6, 6.07) is 5.85. The molecule has 2 rings (SSSR count). The van der Waals surface area contributed by atoms with Crippen molar-refractivity contribution in [2.24, 2.45) is 0 Å². The zero-order valence-corrected chi connectivity index (χ0v) is 10.4. The quantitative estimate of drug-likeness (QED) is 0.712. The molecule has 1 aromatic carbocycles. The minimum Gasteiger partial charge on any atom is -0.399 e. The largest absolute Gasteiger partial charge is 0.399 e. The second-order valence-electron chi connectivity index (χ2n) is 4.68. The molecule has 1 saturated heterocycles. The standard InChI is InChI=1S/C13H19N3O/c1-9-3-4-11(14)7-12(9)13(17)16-6-5-15-10(2)8-16/h3-4,7,10,15H,5-6,8,14H2,1-2H3. The molecule has 1 amide bonds. The Hall–Kier alpha value is -1.55. The molecule has 0 saturated carbocycles. The first kappa shape index (κ1) is 11.9. The van der Waals surface area contributed by atoms with Crippen LogP contribution < -0.4 is 11.1 Å². The fourth-order valence-electron chi connectivity index (χ4n) is 2.16. The van der Waals surface area contributed by atoms with E-state index in [1.165, 1.54) is 0 Å². The summed E-state index contributed by atoms with van der Waals surface area (Å²) < 4.78 is 0. The number of nitrogen functional groups attached to an aromatic ring is 1. The summed E-state index contributed by atoms with van der Waals surface area (Å²) in [5.74, 6) is 0.0863. The number of aryl methyl sites for hydroxylation is 1. The van der Waals surface area contributed by atoms with Crippen LogP contribution in [-0.4, -0.2) is 36.5 Å². The predicted molar refractivity (Wildman–Crippen MR) is 69.0 cm³/mol. The van der Waals surface area contributed by atoms with Crippen molar-refractivity contribution < 1.29 is 4.79 Å². The van der Waals surface area contributed by atoms with Crippen LogP contribution >= 0.6 is 0 Å². The number of nitrogens with one attached hydrogen (secondary N) is 1. The predicted octanol–water partition coefficient (Wildman–Crippen LogP) is 1.01. The molecule has 92 valence electrons. The second-order valence-corrected chi connectivity index (χ2v) is 4.68. The fourth-order valence-corrected chi connectivity index (χ4v) is 2.16. The lowest BCUT2D eigenvalue weighted by molar-refractivity contribution is 0.0708. The average Bonchev–Trinajstić information content (AvgIpc) is 2.31. The van der Waals surface area contributed by atoms with Gasteiger partial charge in [-0.1, -0.05) is 6.07 Å². The van der Waals surface area contributed by atoms with Gasteiger partial charge in [0.05, 0.1) is 0 Å². The van der Waals surface area contributed by atoms with Crippen LogP contribution in [0.3, 0.4) is 0 Å². The van der Waals surface area contributed by atoms with Gasteiger partial charge in [0.1, 0.15) is 0 Å². The summed E-state index contributed by atoms with van der Waals surface area (Å²) >= 11 is 0. The van der Waals surface area contributed by atoms with Crippen molar-refractivity contribution in [2.75, 3.05) is 25.4 Å². The summed E-state index contributed by atoms with van der Waals surface area (Å²) in [6.07, 6.45) is 0. The first-order chi connectivity index (χ1) is 8.08. The number of carbonyl (C=O) groups excluding carboxylic acids is 1. The zero-order valence-electron chi connectivity index (χ0n) is 10.4. The summed E-state index contributed by atoms with van der Waals surface area (Å²) in [5.41, 5.74) is 8.08. The number of hydrogen-bond acceptors (Lipinski definition) is 3. The van der Waals surface area contributed by atoms with Crippen molar-refractivity contribution in [3.8, 4) is 0 Å². The molecular weight excluding hydrogens is 214 g/mol. The number of nitrogens with zero attached hydrogens (tertiary/aromatic N) is 1. The van der Waals surface area contributed by atoms with E-state index in [0.29, 0.717) is 11.7 Å². The van der Waals surface area contributed by atoms with E-state index in [1.807, 2.05) is 24.0 Å². The highest BCUT2D eigenvalue weighted by molar-refractivity contribution is 5.96. The molecule has 1 aliphatic heterocycles. The Morgan fingerprint density at radius 3 is 3.00 bits per heavy atom. The Kier molecular flexibility index (Phi) is 3.33. The molecule has 0 spiro atoms. The smallest absolute Gasteiger partial charge is 0.254 e. The SMILES string of the molecule is Cc1ccc(N)cc1C(=O)N1CCNC(C)C1. The van der Waals surface area contributed by atoms with E-state index in [0.717, 1.165) is 30.8 Å². The number of carbonyl (C=O) groups is 1. The number of piperazine rings is 1. The van der Waals surface area contributed by atoms with Crippen LogP contribution in [0.5, 0.6) is 0 Å². The van der Waals surface area contributed by atoms with Crippen LogP contribution in [0.1, 0.15) is 22.8 Å². The van der Waals surface area contributed by atoms with E-state index in [-0.39, 0.29) is 5.91 Å². The van der Waals surface area contributed by atoms with E-state index in [2.05, 4.69) is 12.2 Å². The normalized spacial score (nSPS) is 20.4. The molecule has 0 aromatic heterocycles. The maximum Gasteiger partial charge on any atom is 0.254 e. The van der Waals surface area contributed by atoms with Gasteiger partial charge in [0, 0.05) is 36.9 Å². The van der Waals surface area contributed by atoms with Crippen LogP contribution in [-0.2, 0) is 0 Å². The third-order valence-corrected chi connectivity index (χ3v) is 3.15. The maximum absolute atomic E-state index is 12.4. The van der Waals surface area contributed by atoms with Crippen LogP contribution in [0, 0.1) is 6.92 Å². The fraction of sp³-hybridized carbons (Fsp3) is 0.462. The van der Waals surface area contributed by atoms with Crippen LogP contribution in [0.25, 0.3) is 0 Å². The highest BCUT2D eigenvalue weighted by atomic mass is 16.2. The van der Waals surface area contributed by atoms with Gasteiger partial charge < -0.3 is 16.0 Å². The van der Waals surface area contributed by atoms with Crippen molar-refractivity contribution in [1.82, 2.24) is 10.2 Å². The minimum atomic E-state index is 0.0863. The van der Waals surface area contributed by atoms with Gasteiger partial charge in [0.2, 0.25) is 0 Å². The number of amides is 1. The van der Waals surface area contributed by atoms with Gasteiger partial charge >= 0.3 is 0 Å². The van der Waals surface area contributed by atoms with Gasteiger partial charge in [-0.3, -0.25) is 4.79 Å². The van der Waals surface area contributed by atoms with E-state index < -0.39 is 0 Å². The molecule has 4 heteroatoms. The summed E-state index contributed by atoms with van der Waals surface area (Å²) in [4.78, 5) is 14.3. The summed E-state index contributed by atoms with van der Waals surface area (Å²) in [7, 11) is 0. The van der Waals surface area contributed by atoms with Gasteiger partial charge in [-0.2, -0.15) is 0 Å². The first-order valence-electron chi connectivity index (χ1n) is 5.96. The Morgan fingerprint density at radius 1 is 1.53 bits per heavy atom. The van der Waals surface area contributed by atoms with Gasteiger partial charge in [-0.15, -0.1) is 0 Å². The lowest BCUT2D eigenvalue weighted by Crippen LogP contribution is -2.51. The van der Waals surface area contributed by atoms with Crippen molar-refractivity contribution in [1.29, 1.82) is 0 Å². The molecule has 1 heterocycles. The lowest BCUT2D eigenvalue weighted by Gasteiger charge is -2.32. The number of rotatable bonds is 1. The maximum atomic E-state index is 12.4. The number of benzene rings is 1. The summed E-state index contributed by atoms with van der Waals surface area (Å²) in [6.45, 7) is 6.41. The molecule has 1 fully saturated rings.